The maximum Gasteiger partial charge on any atom is 0.132 e. The Labute approximate surface area is 113 Å². The molecule has 1 aromatic carbocycles. The summed E-state index contributed by atoms with van der Waals surface area (Å²) in [4.78, 5) is 13.4. The van der Waals surface area contributed by atoms with Gasteiger partial charge in [0.05, 0.1) is 0 Å². The second-order valence-electron chi connectivity index (χ2n) is 4.77. The number of nitrogens with zero attached hydrogens (tertiary/aromatic N) is 4. The summed E-state index contributed by atoms with van der Waals surface area (Å²) in [6.07, 6.45) is 1.83. The summed E-state index contributed by atoms with van der Waals surface area (Å²) in [6, 6.07) is 12.6. The number of aryl methyl sites for hydroxylation is 1. The Morgan fingerprint density at radius 1 is 0.895 bits per heavy atom. The van der Waals surface area contributed by atoms with Crippen molar-refractivity contribution in [3.63, 3.8) is 0 Å². The van der Waals surface area contributed by atoms with Crippen molar-refractivity contribution in [3.05, 3.63) is 48.4 Å². The zero-order chi connectivity index (χ0) is 13.1. The summed E-state index contributed by atoms with van der Waals surface area (Å²) in [7, 11) is 0. The zero-order valence-corrected chi connectivity index (χ0v) is 11.2. The predicted octanol–water partition coefficient (Wildman–Crippen LogP) is 2.11. The summed E-state index contributed by atoms with van der Waals surface area (Å²) in [5, 5.41) is 0. The van der Waals surface area contributed by atoms with Gasteiger partial charge in [-0.05, 0) is 25.1 Å². The number of rotatable bonds is 2. The standard InChI is InChI=1S/C15H18N4/c1-13-16-8-7-15(17-13)19-11-9-18(10-12-19)14-5-3-2-4-6-14/h2-8H,9-12H2,1H3. The minimum Gasteiger partial charge on any atom is -0.368 e. The Bertz CT molecular complexity index is 533. The van der Waals surface area contributed by atoms with Crippen molar-refractivity contribution in [1.82, 2.24) is 9.97 Å². The number of hydrogen-bond acceptors (Lipinski definition) is 4. The number of benzene rings is 1. The lowest BCUT2D eigenvalue weighted by molar-refractivity contribution is 0.646. The van der Waals surface area contributed by atoms with Crippen molar-refractivity contribution in [1.29, 1.82) is 0 Å². The smallest absolute Gasteiger partial charge is 0.132 e. The van der Waals surface area contributed by atoms with Gasteiger partial charge in [0.25, 0.3) is 0 Å². The fraction of sp³-hybridized carbons (Fsp3) is 0.333. The highest BCUT2D eigenvalue weighted by molar-refractivity contribution is 5.49. The molecule has 1 saturated heterocycles. The van der Waals surface area contributed by atoms with Gasteiger partial charge >= 0.3 is 0 Å². The predicted molar refractivity (Wildman–Crippen MR) is 77.6 cm³/mol. The molecule has 0 spiro atoms. The summed E-state index contributed by atoms with van der Waals surface area (Å²) in [5.74, 6) is 1.88. The topological polar surface area (TPSA) is 32.3 Å². The SMILES string of the molecule is Cc1nccc(N2CCN(c3ccccc3)CC2)n1. The Morgan fingerprint density at radius 3 is 2.26 bits per heavy atom. The lowest BCUT2D eigenvalue weighted by atomic mass is 10.2. The molecule has 1 aromatic heterocycles. The lowest BCUT2D eigenvalue weighted by Gasteiger charge is -2.36. The molecule has 0 unspecified atom stereocenters. The van der Waals surface area contributed by atoms with Gasteiger partial charge in [-0.15, -0.1) is 0 Å². The highest BCUT2D eigenvalue weighted by Gasteiger charge is 2.18. The van der Waals surface area contributed by atoms with Gasteiger partial charge in [0.1, 0.15) is 11.6 Å². The highest BCUT2D eigenvalue weighted by Crippen LogP contribution is 2.18. The number of hydrogen-bond donors (Lipinski definition) is 0. The van der Waals surface area contributed by atoms with Crippen LogP contribution in [-0.4, -0.2) is 36.1 Å². The minimum absolute atomic E-state index is 0.836. The molecule has 0 saturated carbocycles. The van der Waals surface area contributed by atoms with Crippen molar-refractivity contribution >= 4 is 11.5 Å². The van der Waals surface area contributed by atoms with Crippen LogP contribution in [0.1, 0.15) is 5.82 Å². The first-order chi connectivity index (χ1) is 9.33. The van der Waals surface area contributed by atoms with E-state index in [0.29, 0.717) is 0 Å². The third kappa shape index (κ3) is 2.67. The van der Waals surface area contributed by atoms with E-state index in [4.69, 9.17) is 0 Å². The molecule has 2 heterocycles. The number of piperazine rings is 1. The first kappa shape index (κ1) is 12.0. The number of para-hydroxylation sites is 1. The molecular weight excluding hydrogens is 236 g/mol. The van der Waals surface area contributed by atoms with E-state index in [-0.39, 0.29) is 0 Å². The molecule has 1 aliphatic rings. The second-order valence-corrected chi connectivity index (χ2v) is 4.77. The summed E-state index contributed by atoms with van der Waals surface area (Å²) >= 11 is 0. The van der Waals surface area contributed by atoms with E-state index in [1.54, 1.807) is 0 Å². The van der Waals surface area contributed by atoms with E-state index in [2.05, 4.69) is 50.1 Å². The Balaban J connectivity index is 1.67. The largest absolute Gasteiger partial charge is 0.368 e. The first-order valence-corrected chi connectivity index (χ1v) is 6.67. The molecule has 2 aromatic rings. The number of anilines is 2. The zero-order valence-electron chi connectivity index (χ0n) is 11.2. The monoisotopic (exact) mass is 254 g/mol. The van der Waals surface area contributed by atoms with E-state index in [0.717, 1.165) is 37.8 Å². The van der Waals surface area contributed by atoms with Gasteiger partial charge in [-0.25, -0.2) is 9.97 Å². The molecule has 98 valence electrons. The fourth-order valence-corrected chi connectivity index (χ4v) is 2.45. The quantitative estimate of drug-likeness (QED) is 0.821. The van der Waals surface area contributed by atoms with Crippen LogP contribution in [0.15, 0.2) is 42.6 Å². The molecule has 3 rings (SSSR count). The Morgan fingerprint density at radius 2 is 1.58 bits per heavy atom. The average molecular weight is 254 g/mol. The summed E-state index contributed by atoms with van der Waals surface area (Å²) < 4.78 is 0. The van der Waals surface area contributed by atoms with Crippen molar-refractivity contribution in [2.24, 2.45) is 0 Å². The molecule has 1 aliphatic heterocycles. The molecule has 0 radical (unpaired) electrons. The van der Waals surface area contributed by atoms with Crippen LogP contribution >= 0.6 is 0 Å². The number of aromatic nitrogens is 2. The van der Waals surface area contributed by atoms with Gasteiger partial charge in [-0.1, -0.05) is 18.2 Å². The highest BCUT2D eigenvalue weighted by atomic mass is 15.3. The van der Waals surface area contributed by atoms with Crippen LogP contribution in [0.4, 0.5) is 11.5 Å². The van der Waals surface area contributed by atoms with E-state index in [1.807, 2.05) is 19.2 Å². The van der Waals surface area contributed by atoms with Gasteiger partial charge in [-0.2, -0.15) is 0 Å². The van der Waals surface area contributed by atoms with E-state index in [1.165, 1.54) is 5.69 Å². The third-order valence-corrected chi connectivity index (χ3v) is 3.49. The van der Waals surface area contributed by atoms with Crippen LogP contribution in [-0.2, 0) is 0 Å². The van der Waals surface area contributed by atoms with Crippen molar-refractivity contribution < 1.29 is 0 Å². The van der Waals surface area contributed by atoms with Crippen LogP contribution < -0.4 is 9.80 Å². The maximum absolute atomic E-state index is 4.49. The van der Waals surface area contributed by atoms with Gasteiger partial charge in [-0.3, -0.25) is 0 Å². The molecule has 0 bridgehead atoms. The molecule has 0 aliphatic carbocycles. The molecular formula is C15H18N4. The Hall–Kier alpha value is -2.10. The van der Waals surface area contributed by atoms with Gasteiger partial charge in [0.2, 0.25) is 0 Å². The molecule has 0 N–H and O–H groups in total. The van der Waals surface area contributed by atoms with Gasteiger partial charge < -0.3 is 9.80 Å². The van der Waals surface area contributed by atoms with E-state index in [9.17, 15) is 0 Å². The lowest BCUT2D eigenvalue weighted by Crippen LogP contribution is -2.46. The van der Waals surface area contributed by atoms with Crippen LogP contribution in [0.2, 0.25) is 0 Å². The van der Waals surface area contributed by atoms with Gasteiger partial charge in [0, 0.05) is 38.1 Å². The summed E-state index contributed by atoms with van der Waals surface area (Å²) in [6.45, 7) is 6.01. The maximum atomic E-state index is 4.49. The normalized spacial score (nSPS) is 15.6. The summed E-state index contributed by atoms with van der Waals surface area (Å²) in [5.41, 5.74) is 1.31. The van der Waals surface area contributed by atoms with Crippen molar-refractivity contribution in [2.45, 2.75) is 6.92 Å². The molecule has 4 nitrogen and oxygen atoms in total. The second kappa shape index (κ2) is 5.26. The van der Waals surface area contributed by atoms with E-state index < -0.39 is 0 Å². The Kier molecular flexibility index (Phi) is 3.31. The average Bonchev–Trinajstić information content (AvgIpc) is 2.48. The minimum atomic E-state index is 0.836. The van der Waals surface area contributed by atoms with Crippen molar-refractivity contribution in [2.75, 3.05) is 36.0 Å². The fourth-order valence-electron chi connectivity index (χ4n) is 2.45. The molecule has 19 heavy (non-hydrogen) atoms. The molecule has 0 amide bonds. The van der Waals surface area contributed by atoms with Crippen molar-refractivity contribution in [3.8, 4) is 0 Å². The molecule has 0 atom stereocenters. The third-order valence-electron chi connectivity index (χ3n) is 3.49. The van der Waals surface area contributed by atoms with Crippen LogP contribution in [0.3, 0.4) is 0 Å². The first-order valence-electron chi connectivity index (χ1n) is 6.67. The van der Waals surface area contributed by atoms with Crippen LogP contribution in [0, 0.1) is 6.92 Å². The van der Waals surface area contributed by atoms with Crippen LogP contribution in [0.25, 0.3) is 0 Å². The van der Waals surface area contributed by atoms with Gasteiger partial charge in [0.15, 0.2) is 0 Å². The molecule has 4 heteroatoms. The van der Waals surface area contributed by atoms with E-state index >= 15 is 0 Å². The van der Waals surface area contributed by atoms with Crippen LogP contribution in [0.5, 0.6) is 0 Å². The molecule has 1 fully saturated rings.